The van der Waals surface area contributed by atoms with Gasteiger partial charge in [-0.3, -0.25) is 10.1 Å². The van der Waals surface area contributed by atoms with Gasteiger partial charge in [-0.15, -0.1) is 11.7 Å². The number of rotatable bonds is 6. The van der Waals surface area contributed by atoms with Crippen LogP contribution in [0.3, 0.4) is 0 Å². The molecule has 0 aliphatic carbocycles. The number of aromatic nitrogens is 4. The molecule has 6 heteroatoms. The highest BCUT2D eigenvalue weighted by Gasteiger charge is 2.05. The Kier molecular flexibility index (Phi) is 4.46. The molecular formula is C9H15N5O. The van der Waals surface area contributed by atoms with Crippen LogP contribution in [0.2, 0.25) is 0 Å². The Morgan fingerprint density at radius 1 is 1.67 bits per heavy atom. The van der Waals surface area contributed by atoms with Crippen molar-refractivity contribution in [1.29, 1.82) is 0 Å². The minimum absolute atomic E-state index is 0.0741. The van der Waals surface area contributed by atoms with Crippen LogP contribution in [0.1, 0.15) is 26.2 Å². The van der Waals surface area contributed by atoms with Crippen LogP contribution in [0.25, 0.3) is 0 Å². The summed E-state index contributed by atoms with van der Waals surface area (Å²) >= 11 is 0. The second kappa shape index (κ2) is 5.90. The maximum absolute atomic E-state index is 11.3. The van der Waals surface area contributed by atoms with Crippen LogP contribution in [0.5, 0.6) is 0 Å². The average molecular weight is 209 g/mol. The van der Waals surface area contributed by atoms with E-state index >= 15 is 0 Å². The third-order valence-corrected chi connectivity index (χ3v) is 1.75. The number of nitrogens with one attached hydrogen (secondary N) is 1. The van der Waals surface area contributed by atoms with Crippen LogP contribution in [-0.4, -0.2) is 26.1 Å². The molecule has 1 N–H and O–H groups in total. The van der Waals surface area contributed by atoms with Crippen molar-refractivity contribution in [3.63, 3.8) is 0 Å². The fraction of sp³-hybridized carbons (Fsp3) is 0.556. The first-order chi connectivity index (χ1) is 7.26. The van der Waals surface area contributed by atoms with Crippen molar-refractivity contribution in [2.75, 3.05) is 5.32 Å². The zero-order valence-electron chi connectivity index (χ0n) is 8.81. The van der Waals surface area contributed by atoms with E-state index < -0.39 is 0 Å². The summed E-state index contributed by atoms with van der Waals surface area (Å²) in [6.07, 6.45) is 4.01. The van der Waals surface area contributed by atoms with Crippen LogP contribution in [0, 0.1) is 0 Å². The molecule has 1 rings (SSSR count). The van der Waals surface area contributed by atoms with E-state index in [2.05, 4.69) is 27.3 Å². The number of tetrazole rings is 1. The van der Waals surface area contributed by atoms with Gasteiger partial charge in [0, 0.05) is 6.42 Å². The number of hydrogen-bond acceptors (Lipinski definition) is 4. The second-order valence-electron chi connectivity index (χ2n) is 3.11. The zero-order valence-corrected chi connectivity index (χ0v) is 8.81. The summed E-state index contributed by atoms with van der Waals surface area (Å²) < 4.78 is 0. The lowest BCUT2D eigenvalue weighted by molar-refractivity contribution is -0.116. The molecule has 0 atom stereocenters. The molecule has 0 fully saturated rings. The molecular weight excluding hydrogens is 194 g/mol. The fourth-order valence-corrected chi connectivity index (χ4v) is 1.01. The van der Waals surface area contributed by atoms with Crippen molar-refractivity contribution in [2.45, 2.75) is 32.7 Å². The molecule has 0 saturated heterocycles. The van der Waals surface area contributed by atoms with Crippen LogP contribution < -0.4 is 5.32 Å². The van der Waals surface area contributed by atoms with Crippen LogP contribution in [0.15, 0.2) is 12.7 Å². The lowest BCUT2D eigenvalue weighted by Gasteiger charge is -1.97. The molecule has 0 aliphatic rings. The van der Waals surface area contributed by atoms with Gasteiger partial charge < -0.3 is 0 Å². The Labute approximate surface area is 88.4 Å². The molecule has 1 amide bonds. The SMILES string of the molecule is C=CCn1nnc(NC(=O)CCCC)n1. The first kappa shape index (κ1) is 11.4. The smallest absolute Gasteiger partial charge is 0.270 e. The summed E-state index contributed by atoms with van der Waals surface area (Å²) in [5.74, 6) is 0.174. The maximum atomic E-state index is 11.3. The van der Waals surface area contributed by atoms with E-state index in [1.165, 1.54) is 4.80 Å². The van der Waals surface area contributed by atoms with E-state index in [4.69, 9.17) is 0 Å². The highest BCUT2D eigenvalue weighted by atomic mass is 16.1. The summed E-state index contributed by atoms with van der Waals surface area (Å²) in [4.78, 5) is 12.7. The quantitative estimate of drug-likeness (QED) is 0.709. The number of amides is 1. The van der Waals surface area contributed by atoms with Gasteiger partial charge in [-0.05, 0) is 11.6 Å². The summed E-state index contributed by atoms with van der Waals surface area (Å²) in [5, 5.41) is 13.9. The van der Waals surface area contributed by atoms with Crippen molar-refractivity contribution in [1.82, 2.24) is 20.2 Å². The number of carbonyl (C=O) groups is 1. The van der Waals surface area contributed by atoms with E-state index in [0.717, 1.165) is 12.8 Å². The molecule has 1 aromatic heterocycles. The van der Waals surface area contributed by atoms with Crippen LogP contribution >= 0.6 is 0 Å². The summed E-state index contributed by atoms with van der Waals surface area (Å²) in [5.41, 5.74) is 0. The van der Waals surface area contributed by atoms with Crippen molar-refractivity contribution in [3.8, 4) is 0 Å². The van der Waals surface area contributed by atoms with Crippen molar-refractivity contribution in [3.05, 3.63) is 12.7 Å². The average Bonchev–Trinajstić information content (AvgIpc) is 2.63. The molecule has 15 heavy (non-hydrogen) atoms. The number of allylic oxidation sites excluding steroid dienone is 1. The monoisotopic (exact) mass is 209 g/mol. The van der Waals surface area contributed by atoms with Gasteiger partial charge in [0.15, 0.2) is 0 Å². The van der Waals surface area contributed by atoms with E-state index in [-0.39, 0.29) is 11.9 Å². The Hall–Kier alpha value is -1.72. The topological polar surface area (TPSA) is 72.7 Å². The zero-order chi connectivity index (χ0) is 11.1. The van der Waals surface area contributed by atoms with Crippen LogP contribution in [-0.2, 0) is 11.3 Å². The molecule has 0 aromatic carbocycles. The predicted molar refractivity (Wildman–Crippen MR) is 56.2 cm³/mol. The lowest BCUT2D eigenvalue weighted by Crippen LogP contribution is -2.12. The van der Waals surface area contributed by atoms with Gasteiger partial charge in [-0.1, -0.05) is 24.5 Å². The third kappa shape index (κ3) is 3.88. The number of nitrogens with zero attached hydrogens (tertiary/aromatic N) is 4. The molecule has 0 saturated carbocycles. The van der Waals surface area contributed by atoms with Gasteiger partial charge in [0.1, 0.15) is 0 Å². The highest BCUT2D eigenvalue weighted by molar-refractivity contribution is 5.88. The first-order valence-electron chi connectivity index (χ1n) is 4.94. The minimum atomic E-state index is -0.0741. The number of unbranched alkanes of at least 4 members (excludes halogenated alkanes) is 1. The van der Waals surface area contributed by atoms with E-state index in [9.17, 15) is 4.79 Å². The summed E-state index contributed by atoms with van der Waals surface area (Å²) in [7, 11) is 0. The van der Waals surface area contributed by atoms with Gasteiger partial charge >= 0.3 is 0 Å². The summed E-state index contributed by atoms with van der Waals surface area (Å²) in [6, 6.07) is 0. The molecule has 1 aromatic rings. The van der Waals surface area contributed by atoms with Crippen molar-refractivity contribution < 1.29 is 4.79 Å². The molecule has 0 spiro atoms. The van der Waals surface area contributed by atoms with Gasteiger partial charge in [0.25, 0.3) is 5.95 Å². The normalized spacial score (nSPS) is 9.93. The third-order valence-electron chi connectivity index (χ3n) is 1.75. The second-order valence-corrected chi connectivity index (χ2v) is 3.11. The summed E-state index contributed by atoms with van der Waals surface area (Å²) in [6.45, 7) is 6.07. The number of anilines is 1. The first-order valence-corrected chi connectivity index (χ1v) is 4.94. The van der Waals surface area contributed by atoms with E-state index in [1.807, 2.05) is 6.92 Å². The highest BCUT2D eigenvalue weighted by Crippen LogP contribution is 1.99. The van der Waals surface area contributed by atoms with E-state index in [1.54, 1.807) is 6.08 Å². The Balaban J connectivity index is 2.42. The molecule has 0 unspecified atom stereocenters. The molecule has 0 aliphatic heterocycles. The predicted octanol–water partition coefficient (Wildman–Crippen LogP) is 0.988. The fourth-order valence-electron chi connectivity index (χ4n) is 1.01. The molecule has 0 bridgehead atoms. The minimum Gasteiger partial charge on any atom is -0.292 e. The van der Waals surface area contributed by atoms with Gasteiger partial charge in [-0.25, -0.2) is 0 Å². The van der Waals surface area contributed by atoms with Crippen molar-refractivity contribution >= 4 is 11.9 Å². The standard InChI is InChI=1S/C9H15N5O/c1-3-5-6-8(15)10-9-11-13-14(12-9)7-4-2/h4H,2-3,5-7H2,1H3,(H,10,12,15). The van der Waals surface area contributed by atoms with Gasteiger partial charge in [-0.2, -0.15) is 4.80 Å². The Morgan fingerprint density at radius 2 is 2.47 bits per heavy atom. The number of hydrogen-bond donors (Lipinski definition) is 1. The van der Waals surface area contributed by atoms with E-state index in [0.29, 0.717) is 13.0 Å². The van der Waals surface area contributed by atoms with Crippen LogP contribution in [0.4, 0.5) is 5.95 Å². The molecule has 0 radical (unpaired) electrons. The Bertz CT molecular complexity index is 333. The maximum Gasteiger partial charge on any atom is 0.270 e. The number of carbonyl (C=O) groups excluding carboxylic acids is 1. The lowest BCUT2D eigenvalue weighted by atomic mass is 10.2. The largest absolute Gasteiger partial charge is 0.292 e. The molecule has 1 heterocycles. The Morgan fingerprint density at radius 3 is 3.13 bits per heavy atom. The molecule has 82 valence electrons. The van der Waals surface area contributed by atoms with Crippen molar-refractivity contribution in [2.24, 2.45) is 0 Å². The van der Waals surface area contributed by atoms with Gasteiger partial charge in [0.2, 0.25) is 5.91 Å². The molecule has 6 nitrogen and oxygen atoms in total. The van der Waals surface area contributed by atoms with Gasteiger partial charge in [0.05, 0.1) is 6.54 Å².